The smallest absolute Gasteiger partial charge is 0.233 e. The number of carbonyl (C=O) groups excluding carboxylic acids is 2. The summed E-state index contributed by atoms with van der Waals surface area (Å²) in [6.07, 6.45) is 3.83. The van der Waals surface area contributed by atoms with Crippen molar-refractivity contribution in [3.05, 3.63) is 21.9 Å². The zero-order valence-electron chi connectivity index (χ0n) is 11.8. The van der Waals surface area contributed by atoms with Gasteiger partial charge in [-0.25, -0.2) is 0 Å². The molecule has 0 aromatic carbocycles. The minimum absolute atomic E-state index is 0.0100. The van der Waals surface area contributed by atoms with Crippen LogP contribution >= 0.6 is 11.3 Å². The summed E-state index contributed by atoms with van der Waals surface area (Å²) in [5.74, 6) is 5.69. The number of imide groups is 1. The predicted octanol–water partition coefficient (Wildman–Crippen LogP) is 1.73. The second kappa shape index (κ2) is 6.00. The quantitative estimate of drug-likeness (QED) is 0.668. The van der Waals surface area contributed by atoms with E-state index in [2.05, 4.69) is 11.8 Å². The van der Waals surface area contributed by atoms with E-state index in [4.69, 9.17) is 5.73 Å². The average Bonchev–Trinajstić information content (AvgIpc) is 3.04. The van der Waals surface area contributed by atoms with Crippen LogP contribution in [-0.2, 0) is 16.1 Å². The molecule has 0 radical (unpaired) electrons. The fourth-order valence-corrected chi connectivity index (χ4v) is 4.07. The Balaban J connectivity index is 1.80. The molecule has 0 bridgehead atoms. The first-order valence-electron chi connectivity index (χ1n) is 7.33. The number of carbonyl (C=O) groups is 2. The standard InChI is InChI=1S/C16H18N2O2S/c17-8-3-4-11-7-9-21-14(11)10-18-15(19)12-5-1-2-6-13(12)16(18)20/h7,9,12-13H,1-2,5-6,8,10,17H2. The van der Waals surface area contributed by atoms with E-state index in [0.29, 0.717) is 13.1 Å². The van der Waals surface area contributed by atoms with Crippen molar-refractivity contribution in [1.82, 2.24) is 4.90 Å². The number of hydrogen-bond acceptors (Lipinski definition) is 4. The first kappa shape index (κ1) is 14.3. The Bertz CT molecular complexity index is 602. The average molecular weight is 302 g/mol. The number of hydrogen-bond donors (Lipinski definition) is 1. The zero-order valence-corrected chi connectivity index (χ0v) is 12.6. The van der Waals surface area contributed by atoms with E-state index >= 15 is 0 Å². The number of likely N-dealkylation sites (tertiary alicyclic amines) is 1. The van der Waals surface area contributed by atoms with Gasteiger partial charge in [0.2, 0.25) is 11.8 Å². The molecule has 5 heteroatoms. The Kier molecular flexibility index (Phi) is 4.09. The molecule has 2 atom stereocenters. The molecule has 3 rings (SSSR count). The lowest BCUT2D eigenvalue weighted by molar-refractivity contribution is -0.140. The van der Waals surface area contributed by atoms with Gasteiger partial charge in [0.25, 0.3) is 0 Å². The van der Waals surface area contributed by atoms with Crippen molar-refractivity contribution >= 4 is 23.2 Å². The molecule has 1 saturated heterocycles. The molecule has 0 spiro atoms. The molecule has 2 N–H and O–H groups in total. The molecule has 1 aliphatic heterocycles. The highest BCUT2D eigenvalue weighted by Crippen LogP contribution is 2.39. The number of amides is 2. The molecule has 2 fully saturated rings. The lowest BCUT2D eigenvalue weighted by atomic mass is 9.81. The Hall–Kier alpha value is -1.64. The van der Waals surface area contributed by atoms with Gasteiger partial charge in [0.05, 0.1) is 24.9 Å². The van der Waals surface area contributed by atoms with Crippen molar-refractivity contribution in [2.75, 3.05) is 6.54 Å². The Morgan fingerprint density at radius 3 is 2.52 bits per heavy atom. The third kappa shape index (κ3) is 2.61. The Labute approximate surface area is 128 Å². The number of nitrogens with zero attached hydrogens (tertiary/aromatic N) is 1. The van der Waals surface area contributed by atoms with E-state index in [9.17, 15) is 9.59 Å². The third-order valence-corrected chi connectivity index (χ3v) is 5.21. The maximum Gasteiger partial charge on any atom is 0.233 e. The molecule has 4 nitrogen and oxygen atoms in total. The van der Waals surface area contributed by atoms with Gasteiger partial charge < -0.3 is 5.73 Å². The van der Waals surface area contributed by atoms with Crippen LogP contribution in [0.5, 0.6) is 0 Å². The van der Waals surface area contributed by atoms with E-state index in [-0.39, 0.29) is 23.7 Å². The van der Waals surface area contributed by atoms with Crippen LogP contribution in [0.15, 0.2) is 11.4 Å². The Morgan fingerprint density at radius 1 is 1.24 bits per heavy atom. The molecule has 2 aliphatic rings. The van der Waals surface area contributed by atoms with Crippen LogP contribution in [0.25, 0.3) is 0 Å². The molecular formula is C16H18N2O2S. The zero-order chi connectivity index (χ0) is 14.8. The van der Waals surface area contributed by atoms with Crippen molar-refractivity contribution in [2.45, 2.75) is 32.2 Å². The van der Waals surface area contributed by atoms with Gasteiger partial charge in [-0.3, -0.25) is 14.5 Å². The second-order valence-electron chi connectivity index (χ2n) is 5.52. The summed E-state index contributed by atoms with van der Waals surface area (Å²) in [4.78, 5) is 27.3. The van der Waals surface area contributed by atoms with Gasteiger partial charge in [-0.15, -0.1) is 11.3 Å². The molecule has 1 aromatic heterocycles. The number of fused-ring (bicyclic) bond motifs is 1. The summed E-state index contributed by atoms with van der Waals surface area (Å²) < 4.78 is 0. The summed E-state index contributed by atoms with van der Waals surface area (Å²) in [5.41, 5.74) is 6.27. The lowest BCUT2D eigenvalue weighted by Gasteiger charge is -2.19. The molecular weight excluding hydrogens is 284 g/mol. The van der Waals surface area contributed by atoms with Crippen molar-refractivity contribution in [3.8, 4) is 11.8 Å². The van der Waals surface area contributed by atoms with E-state index < -0.39 is 0 Å². The largest absolute Gasteiger partial charge is 0.320 e. The fraction of sp³-hybridized carbons (Fsp3) is 0.500. The maximum absolute atomic E-state index is 12.5. The summed E-state index contributed by atoms with van der Waals surface area (Å²) in [6.45, 7) is 0.665. The number of thiophene rings is 1. The van der Waals surface area contributed by atoms with Gasteiger partial charge in [-0.2, -0.15) is 0 Å². The van der Waals surface area contributed by atoms with Gasteiger partial charge >= 0.3 is 0 Å². The van der Waals surface area contributed by atoms with Crippen LogP contribution in [0.4, 0.5) is 0 Å². The molecule has 1 aromatic rings. The first-order valence-corrected chi connectivity index (χ1v) is 8.21. The van der Waals surface area contributed by atoms with E-state index in [1.807, 2.05) is 11.4 Å². The van der Waals surface area contributed by atoms with Crippen LogP contribution in [0.1, 0.15) is 36.1 Å². The third-order valence-electron chi connectivity index (χ3n) is 4.30. The van der Waals surface area contributed by atoms with Crippen LogP contribution in [-0.4, -0.2) is 23.3 Å². The van der Waals surface area contributed by atoms with Crippen molar-refractivity contribution in [3.63, 3.8) is 0 Å². The monoisotopic (exact) mass is 302 g/mol. The van der Waals surface area contributed by atoms with Gasteiger partial charge in [0.15, 0.2) is 0 Å². The molecule has 110 valence electrons. The normalized spacial score (nSPS) is 24.7. The minimum atomic E-state index is -0.0789. The minimum Gasteiger partial charge on any atom is -0.320 e. The molecule has 1 saturated carbocycles. The number of rotatable bonds is 2. The van der Waals surface area contributed by atoms with E-state index in [0.717, 1.165) is 36.1 Å². The van der Waals surface area contributed by atoms with Crippen molar-refractivity contribution in [2.24, 2.45) is 17.6 Å². The molecule has 1 aliphatic carbocycles. The van der Waals surface area contributed by atoms with Crippen LogP contribution in [0.3, 0.4) is 0 Å². The summed E-state index contributed by atoms with van der Waals surface area (Å²) in [6, 6.07) is 1.92. The summed E-state index contributed by atoms with van der Waals surface area (Å²) in [5, 5.41) is 1.94. The molecule has 2 heterocycles. The molecule has 2 amide bonds. The highest BCUT2D eigenvalue weighted by Gasteiger charge is 2.48. The summed E-state index contributed by atoms with van der Waals surface area (Å²) >= 11 is 1.53. The van der Waals surface area contributed by atoms with E-state index in [1.165, 1.54) is 16.2 Å². The van der Waals surface area contributed by atoms with Gasteiger partial charge in [-0.05, 0) is 24.3 Å². The highest BCUT2D eigenvalue weighted by atomic mass is 32.1. The Morgan fingerprint density at radius 2 is 1.90 bits per heavy atom. The first-order chi connectivity index (χ1) is 10.2. The topological polar surface area (TPSA) is 63.4 Å². The highest BCUT2D eigenvalue weighted by molar-refractivity contribution is 7.10. The van der Waals surface area contributed by atoms with Crippen molar-refractivity contribution < 1.29 is 9.59 Å². The fourth-order valence-electron chi connectivity index (χ4n) is 3.25. The van der Waals surface area contributed by atoms with Crippen molar-refractivity contribution in [1.29, 1.82) is 0 Å². The SMILES string of the molecule is NCC#Cc1ccsc1CN1C(=O)C2CCCCC2C1=O. The van der Waals surface area contributed by atoms with Crippen LogP contribution in [0.2, 0.25) is 0 Å². The molecule has 21 heavy (non-hydrogen) atoms. The number of nitrogens with two attached hydrogens (primary N) is 1. The van der Waals surface area contributed by atoms with Crippen LogP contribution < -0.4 is 5.73 Å². The molecule has 2 unspecified atom stereocenters. The predicted molar refractivity (Wildman–Crippen MR) is 81.3 cm³/mol. The van der Waals surface area contributed by atoms with Crippen LogP contribution in [0, 0.1) is 23.7 Å². The van der Waals surface area contributed by atoms with Gasteiger partial charge in [0, 0.05) is 10.4 Å². The van der Waals surface area contributed by atoms with Gasteiger partial charge in [-0.1, -0.05) is 24.7 Å². The second-order valence-corrected chi connectivity index (χ2v) is 6.52. The van der Waals surface area contributed by atoms with Gasteiger partial charge in [0.1, 0.15) is 0 Å². The summed E-state index contributed by atoms with van der Waals surface area (Å²) in [7, 11) is 0. The lowest BCUT2D eigenvalue weighted by Crippen LogP contribution is -2.30. The van der Waals surface area contributed by atoms with E-state index in [1.54, 1.807) is 0 Å². The maximum atomic E-state index is 12.5.